The molecule has 0 radical (unpaired) electrons. The van der Waals surface area contributed by atoms with Crippen LogP contribution in [-0.2, 0) is 9.09 Å². The van der Waals surface area contributed by atoms with Crippen LogP contribution in [0.1, 0.15) is 26.7 Å². The molecule has 0 aliphatic heterocycles. The molecule has 0 saturated carbocycles. The summed E-state index contributed by atoms with van der Waals surface area (Å²) in [4.78, 5) is 9.29. The fourth-order valence-electron chi connectivity index (χ4n) is 0.710. The largest absolute Gasteiger partial charge is 0.412 e. The van der Waals surface area contributed by atoms with Gasteiger partial charge in [-0.25, -0.2) is 9.29 Å². The summed E-state index contributed by atoms with van der Waals surface area (Å²) in [6.07, 6.45) is 1.58. The predicted octanol–water partition coefficient (Wildman–Crippen LogP) is -0.767. The summed E-state index contributed by atoms with van der Waals surface area (Å²) in [5.41, 5.74) is 0. The van der Waals surface area contributed by atoms with Gasteiger partial charge in [-0.3, -0.25) is 0 Å². The SMILES string of the molecule is CCCOP(=O)(O)SNC(CC)NC.O.O.O. The molecule has 0 aliphatic rings. The first-order valence-corrected chi connectivity index (χ1v) is 7.64. The average Bonchev–Trinajstić information content (AvgIpc) is 2.16. The lowest BCUT2D eigenvalue weighted by atomic mass is 10.4. The fourth-order valence-corrected chi connectivity index (χ4v) is 2.88. The molecule has 0 rings (SSSR count). The normalized spacial score (nSPS) is 14.6. The Labute approximate surface area is 106 Å². The van der Waals surface area contributed by atoms with Crippen LogP contribution in [0.4, 0.5) is 0 Å². The Balaban J connectivity index is -0.000000282. The van der Waals surface area contributed by atoms with Crippen molar-refractivity contribution in [2.45, 2.75) is 32.9 Å². The van der Waals surface area contributed by atoms with E-state index in [1.54, 1.807) is 7.05 Å². The zero-order chi connectivity index (χ0) is 11.0. The molecule has 0 aliphatic carbocycles. The third-order valence-corrected chi connectivity index (χ3v) is 3.98. The van der Waals surface area contributed by atoms with Gasteiger partial charge in [0.25, 0.3) is 0 Å². The van der Waals surface area contributed by atoms with E-state index in [-0.39, 0.29) is 22.6 Å². The molecule has 10 heteroatoms. The molecule has 9 N–H and O–H groups in total. The van der Waals surface area contributed by atoms with E-state index < -0.39 is 6.80 Å². The maximum absolute atomic E-state index is 11.3. The average molecular weight is 296 g/mol. The standard InChI is InChI=1S/C7H19N2O3PS.3H2O/c1-4-6-12-13(10,11)14-9-7(5-2)8-3;;;/h7-9H,4-6H2,1-3H3,(H,10,11);3*1H2. The van der Waals surface area contributed by atoms with Crippen LogP contribution in [0, 0.1) is 0 Å². The van der Waals surface area contributed by atoms with Crippen LogP contribution in [0.15, 0.2) is 0 Å². The van der Waals surface area contributed by atoms with E-state index in [9.17, 15) is 9.46 Å². The molecule has 2 atom stereocenters. The Morgan fingerprint density at radius 3 is 2.24 bits per heavy atom. The predicted molar refractivity (Wildman–Crippen MR) is 70.8 cm³/mol. The summed E-state index contributed by atoms with van der Waals surface area (Å²) in [7, 11) is 1.79. The number of hydrogen-bond donors (Lipinski definition) is 3. The van der Waals surface area contributed by atoms with Crippen LogP contribution < -0.4 is 10.0 Å². The smallest absolute Gasteiger partial charge is 0.401 e. The zero-order valence-corrected chi connectivity index (χ0v) is 12.0. The van der Waals surface area contributed by atoms with Gasteiger partial charge in [0.15, 0.2) is 0 Å². The minimum absolute atomic E-state index is 0. The fraction of sp³-hybridized carbons (Fsp3) is 1.00. The minimum atomic E-state index is -3.52. The second-order valence-corrected chi connectivity index (χ2v) is 6.31. The van der Waals surface area contributed by atoms with Crippen molar-refractivity contribution in [2.75, 3.05) is 13.7 Å². The van der Waals surface area contributed by atoms with E-state index in [1.165, 1.54) is 0 Å². The molecule has 0 heterocycles. The van der Waals surface area contributed by atoms with Crippen molar-refractivity contribution < 1.29 is 30.4 Å². The van der Waals surface area contributed by atoms with E-state index in [0.29, 0.717) is 6.61 Å². The van der Waals surface area contributed by atoms with Gasteiger partial charge in [0, 0.05) is 11.6 Å². The van der Waals surface area contributed by atoms with Crippen LogP contribution in [0.3, 0.4) is 0 Å². The first kappa shape index (κ1) is 26.0. The molecule has 0 fully saturated rings. The molecule has 0 bridgehead atoms. The number of nitrogens with one attached hydrogen (secondary N) is 2. The molecule has 8 nitrogen and oxygen atoms in total. The van der Waals surface area contributed by atoms with Gasteiger partial charge in [0.05, 0.1) is 12.8 Å². The number of hydrogen-bond acceptors (Lipinski definition) is 5. The summed E-state index contributed by atoms with van der Waals surface area (Å²) in [6.45, 7) is 0.646. The molecule has 0 spiro atoms. The lowest BCUT2D eigenvalue weighted by molar-refractivity contribution is 0.275. The Hall–Kier alpha value is 0.300. The van der Waals surface area contributed by atoms with E-state index in [4.69, 9.17) is 4.52 Å². The quantitative estimate of drug-likeness (QED) is 0.302. The van der Waals surface area contributed by atoms with Gasteiger partial charge >= 0.3 is 6.80 Å². The lowest BCUT2D eigenvalue weighted by Crippen LogP contribution is -2.35. The van der Waals surface area contributed by atoms with Crippen LogP contribution in [0.25, 0.3) is 0 Å². The third-order valence-electron chi connectivity index (χ3n) is 1.53. The molecular weight excluding hydrogens is 271 g/mol. The van der Waals surface area contributed by atoms with E-state index in [2.05, 4.69) is 10.0 Å². The van der Waals surface area contributed by atoms with Crippen LogP contribution >= 0.6 is 18.4 Å². The molecule has 0 amide bonds. The number of rotatable bonds is 8. The molecule has 0 aromatic heterocycles. The van der Waals surface area contributed by atoms with E-state index in [1.807, 2.05) is 13.8 Å². The topological polar surface area (TPSA) is 165 Å². The second-order valence-electron chi connectivity index (χ2n) is 2.76. The Morgan fingerprint density at radius 2 is 1.88 bits per heavy atom. The lowest BCUT2D eigenvalue weighted by Gasteiger charge is -2.17. The van der Waals surface area contributed by atoms with Crippen molar-refractivity contribution in [1.82, 2.24) is 10.0 Å². The van der Waals surface area contributed by atoms with Gasteiger partial charge in [0.1, 0.15) is 0 Å². The van der Waals surface area contributed by atoms with Gasteiger partial charge in [-0.05, 0) is 19.9 Å². The summed E-state index contributed by atoms with van der Waals surface area (Å²) < 4.78 is 19.0. The first-order valence-electron chi connectivity index (χ1n) is 4.64. The zero-order valence-electron chi connectivity index (χ0n) is 10.3. The minimum Gasteiger partial charge on any atom is -0.412 e. The summed E-state index contributed by atoms with van der Waals surface area (Å²) in [5, 5.41) is 2.96. The highest BCUT2D eigenvalue weighted by Gasteiger charge is 2.21. The van der Waals surface area contributed by atoms with E-state index >= 15 is 0 Å². The Morgan fingerprint density at radius 1 is 1.35 bits per heavy atom. The molecule has 2 unspecified atom stereocenters. The molecular formula is C7H25N2O6PS. The highest BCUT2D eigenvalue weighted by Crippen LogP contribution is 2.53. The monoisotopic (exact) mass is 296 g/mol. The van der Waals surface area contributed by atoms with E-state index in [0.717, 1.165) is 24.4 Å². The van der Waals surface area contributed by atoms with Crippen molar-refractivity contribution in [1.29, 1.82) is 0 Å². The molecule has 0 saturated heterocycles. The van der Waals surface area contributed by atoms with Gasteiger partial charge < -0.3 is 31.2 Å². The summed E-state index contributed by atoms with van der Waals surface area (Å²) in [6, 6.07) is 0. The molecule has 0 aromatic rings. The maximum Gasteiger partial charge on any atom is 0.401 e. The van der Waals surface area contributed by atoms with Gasteiger partial charge in [0.2, 0.25) is 0 Å². The van der Waals surface area contributed by atoms with Crippen LogP contribution in [0.2, 0.25) is 0 Å². The van der Waals surface area contributed by atoms with Crippen molar-refractivity contribution in [3.8, 4) is 0 Å². The Bertz CT molecular complexity index is 195. The molecule has 110 valence electrons. The van der Waals surface area contributed by atoms with Crippen LogP contribution in [0.5, 0.6) is 0 Å². The van der Waals surface area contributed by atoms with Crippen molar-refractivity contribution >= 4 is 18.4 Å². The summed E-state index contributed by atoms with van der Waals surface area (Å²) >= 11 is 0.752. The second kappa shape index (κ2) is 14.4. The van der Waals surface area contributed by atoms with Gasteiger partial charge in [-0.15, -0.1) is 0 Å². The molecule has 0 aromatic carbocycles. The van der Waals surface area contributed by atoms with Crippen molar-refractivity contribution in [2.24, 2.45) is 0 Å². The van der Waals surface area contributed by atoms with Gasteiger partial charge in [-0.1, -0.05) is 13.8 Å². The highest BCUT2D eigenvalue weighted by molar-refractivity contribution is 8.53. The summed E-state index contributed by atoms with van der Waals surface area (Å²) in [5.74, 6) is 0. The first-order chi connectivity index (χ1) is 6.55. The Kier molecular flexibility index (Phi) is 22.0. The molecule has 17 heavy (non-hydrogen) atoms. The van der Waals surface area contributed by atoms with Crippen molar-refractivity contribution in [3.63, 3.8) is 0 Å². The van der Waals surface area contributed by atoms with Gasteiger partial charge in [-0.2, -0.15) is 0 Å². The third kappa shape index (κ3) is 14.2. The van der Waals surface area contributed by atoms with Crippen LogP contribution in [-0.4, -0.2) is 41.1 Å². The maximum atomic E-state index is 11.3. The highest BCUT2D eigenvalue weighted by atomic mass is 32.7. The van der Waals surface area contributed by atoms with Crippen molar-refractivity contribution in [3.05, 3.63) is 0 Å².